The third-order valence-electron chi connectivity index (χ3n) is 5.32. The van der Waals surface area contributed by atoms with Gasteiger partial charge in [0.15, 0.2) is 11.5 Å². The second-order valence-electron chi connectivity index (χ2n) is 7.55. The van der Waals surface area contributed by atoms with Gasteiger partial charge in [-0.25, -0.2) is 0 Å². The Balaban J connectivity index is 1.90. The molecule has 0 amide bonds. The van der Waals surface area contributed by atoms with Crippen LogP contribution in [0.25, 0.3) is 0 Å². The van der Waals surface area contributed by atoms with Crippen molar-refractivity contribution in [1.82, 2.24) is 0 Å². The van der Waals surface area contributed by atoms with Crippen molar-refractivity contribution in [3.05, 3.63) is 82.9 Å². The Bertz CT molecular complexity index is 1090. The molecule has 0 aromatic heterocycles. The first kappa shape index (κ1) is 19.6. The maximum absolute atomic E-state index is 10.7. The molecule has 1 heterocycles. The smallest absolute Gasteiger partial charge is 0.231 e. The van der Waals surface area contributed by atoms with Crippen molar-refractivity contribution >= 4 is 5.71 Å². The molecular formula is C24H24N2O4. The molecule has 6 nitrogen and oxygen atoms in total. The lowest BCUT2D eigenvalue weighted by molar-refractivity contribution is 0.174. The van der Waals surface area contributed by atoms with Gasteiger partial charge >= 0.3 is 0 Å². The number of nitrogens with zero attached hydrogens (tertiary/aromatic N) is 1. The SMILES string of the molecule is CC(C)c1cc(/C(=N/N)C(c2ccccc2)c2ccc3c(c2)OCO3)c(O)cc1O. The summed E-state index contributed by atoms with van der Waals surface area (Å²) in [6.45, 7) is 4.13. The topological polar surface area (TPSA) is 97.3 Å². The van der Waals surface area contributed by atoms with Gasteiger partial charge in [0.05, 0.1) is 11.6 Å². The number of nitrogens with two attached hydrogens (primary N) is 1. The summed E-state index contributed by atoms with van der Waals surface area (Å²) in [5.41, 5.74) is 3.53. The molecule has 0 saturated heterocycles. The number of hydrogen-bond donors (Lipinski definition) is 3. The average molecular weight is 404 g/mol. The number of rotatable bonds is 5. The zero-order valence-corrected chi connectivity index (χ0v) is 16.9. The first-order valence-electron chi connectivity index (χ1n) is 9.78. The van der Waals surface area contributed by atoms with E-state index in [1.807, 2.05) is 62.4 Å². The largest absolute Gasteiger partial charge is 0.508 e. The van der Waals surface area contributed by atoms with E-state index in [9.17, 15) is 10.2 Å². The molecule has 3 aromatic carbocycles. The molecule has 4 rings (SSSR count). The zero-order valence-electron chi connectivity index (χ0n) is 16.9. The van der Waals surface area contributed by atoms with Gasteiger partial charge in [-0.2, -0.15) is 5.10 Å². The second-order valence-corrected chi connectivity index (χ2v) is 7.55. The van der Waals surface area contributed by atoms with E-state index >= 15 is 0 Å². The van der Waals surface area contributed by atoms with Crippen LogP contribution < -0.4 is 15.3 Å². The van der Waals surface area contributed by atoms with Crippen LogP contribution in [0.4, 0.5) is 0 Å². The van der Waals surface area contributed by atoms with Crippen LogP contribution in [0.1, 0.15) is 47.9 Å². The zero-order chi connectivity index (χ0) is 21.3. The monoisotopic (exact) mass is 404 g/mol. The van der Waals surface area contributed by atoms with Crippen molar-refractivity contribution in [3.63, 3.8) is 0 Å². The summed E-state index contributed by atoms with van der Waals surface area (Å²) in [4.78, 5) is 0. The van der Waals surface area contributed by atoms with Crippen LogP contribution >= 0.6 is 0 Å². The molecule has 0 bridgehead atoms. The minimum atomic E-state index is -0.360. The Labute approximate surface area is 175 Å². The predicted molar refractivity (Wildman–Crippen MR) is 115 cm³/mol. The maximum Gasteiger partial charge on any atom is 0.231 e. The fourth-order valence-electron chi connectivity index (χ4n) is 3.81. The molecule has 0 spiro atoms. The summed E-state index contributed by atoms with van der Waals surface area (Å²) in [5.74, 6) is 6.89. The van der Waals surface area contributed by atoms with E-state index in [0.29, 0.717) is 28.3 Å². The van der Waals surface area contributed by atoms with Gasteiger partial charge in [0.25, 0.3) is 0 Å². The fourth-order valence-corrected chi connectivity index (χ4v) is 3.81. The number of hydrazone groups is 1. The van der Waals surface area contributed by atoms with E-state index in [-0.39, 0.29) is 30.1 Å². The number of phenolic OH excluding ortho intramolecular Hbond substituents is 2. The molecule has 0 radical (unpaired) electrons. The molecule has 6 heteroatoms. The minimum absolute atomic E-state index is 0.0435. The Morgan fingerprint density at radius 2 is 1.63 bits per heavy atom. The van der Waals surface area contributed by atoms with Crippen LogP contribution in [-0.2, 0) is 0 Å². The van der Waals surface area contributed by atoms with E-state index in [0.717, 1.165) is 11.1 Å². The van der Waals surface area contributed by atoms with Gasteiger partial charge in [-0.05, 0) is 40.8 Å². The summed E-state index contributed by atoms with van der Waals surface area (Å²) in [7, 11) is 0. The summed E-state index contributed by atoms with van der Waals surface area (Å²) >= 11 is 0. The third kappa shape index (κ3) is 3.52. The van der Waals surface area contributed by atoms with Crippen molar-refractivity contribution in [2.75, 3.05) is 6.79 Å². The second kappa shape index (κ2) is 7.99. The van der Waals surface area contributed by atoms with Crippen LogP contribution in [0.2, 0.25) is 0 Å². The van der Waals surface area contributed by atoms with E-state index in [4.69, 9.17) is 15.3 Å². The van der Waals surface area contributed by atoms with Crippen LogP contribution in [0.5, 0.6) is 23.0 Å². The Morgan fingerprint density at radius 1 is 0.900 bits per heavy atom. The van der Waals surface area contributed by atoms with Gasteiger partial charge in [-0.3, -0.25) is 0 Å². The molecule has 1 unspecified atom stereocenters. The number of ether oxygens (including phenoxy) is 2. The van der Waals surface area contributed by atoms with Gasteiger partial charge in [0.1, 0.15) is 11.5 Å². The van der Waals surface area contributed by atoms with Gasteiger partial charge in [-0.1, -0.05) is 50.2 Å². The predicted octanol–water partition coefficient (Wildman–Crippen LogP) is 4.44. The van der Waals surface area contributed by atoms with Crippen molar-refractivity contribution in [3.8, 4) is 23.0 Å². The summed E-state index contributed by atoms with van der Waals surface area (Å²) < 4.78 is 11.0. The molecule has 4 N–H and O–H groups in total. The maximum atomic E-state index is 10.7. The third-order valence-corrected chi connectivity index (χ3v) is 5.32. The molecule has 3 aromatic rings. The highest BCUT2D eigenvalue weighted by Gasteiger charge is 2.27. The number of fused-ring (bicyclic) bond motifs is 1. The van der Waals surface area contributed by atoms with Gasteiger partial charge in [0, 0.05) is 11.6 Å². The lowest BCUT2D eigenvalue weighted by Crippen LogP contribution is -2.18. The Hall–Kier alpha value is -3.67. The van der Waals surface area contributed by atoms with Gasteiger partial charge in [0.2, 0.25) is 6.79 Å². The van der Waals surface area contributed by atoms with Crippen molar-refractivity contribution in [1.29, 1.82) is 0 Å². The van der Waals surface area contributed by atoms with E-state index in [2.05, 4.69) is 5.10 Å². The van der Waals surface area contributed by atoms with E-state index in [1.165, 1.54) is 6.07 Å². The van der Waals surface area contributed by atoms with Crippen LogP contribution in [0, 0.1) is 0 Å². The molecule has 154 valence electrons. The quantitative estimate of drug-likeness (QED) is 0.332. The molecule has 0 fully saturated rings. The van der Waals surface area contributed by atoms with Crippen molar-refractivity contribution in [2.24, 2.45) is 10.9 Å². The van der Waals surface area contributed by atoms with Crippen LogP contribution in [0.3, 0.4) is 0 Å². The normalized spacial score (nSPS) is 14.2. The van der Waals surface area contributed by atoms with Crippen molar-refractivity contribution < 1.29 is 19.7 Å². The molecule has 30 heavy (non-hydrogen) atoms. The lowest BCUT2D eigenvalue weighted by Gasteiger charge is -2.22. The first-order valence-corrected chi connectivity index (χ1v) is 9.78. The number of aromatic hydroxyl groups is 2. The van der Waals surface area contributed by atoms with Gasteiger partial charge in [-0.15, -0.1) is 0 Å². The van der Waals surface area contributed by atoms with E-state index < -0.39 is 0 Å². The van der Waals surface area contributed by atoms with Crippen LogP contribution in [-0.4, -0.2) is 22.7 Å². The van der Waals surface area contributed by atoms with Gasteiger partial charge < -0.3 is 25.5 Å². The summed E-state index contributed by atoms with van der Waals surface area (Å²) in [5, 5.41) is 25.0. The highest BCUT2D eigenvalue weighted by Crippen LogP contribution is 2.40. The van der Waals surface area contributed by atoms with Crippen LogP contribution in [0.15, 0.2) is 65.8 Å². The molecule has 0 aliphatic carbocycles. The number of hydrogen-bond acceptors (Lipinski definition) is 6. The lowest BCUT2D eigenvalue weighted by atomic mass is 9.83. The fraction of sp³-hybridized carbons (Fsp3) is 0.208. The Kier molecular flexibility index (Phi) is 5.23. The number of benzene rings is 3. The summed E-state index contributed by atoms with van der Waals surface area (Å²) in [6, 6.07) is 18.6. The molecular weight excluding hydrogens is 380 g/mol. The number of phenols is 2. The molecule has 1 atom stereocenters. The molecule has 0 saturated carbocycles. The molecule has 1 aliphatic rings. The highest BCUT2D eigenvalue weighted by atomic mass is 16.7. The van der Waals surface area contributed by atoms with Crippen molar-refractivity contribution in [2.45, 2.75) is 25.7 Å². The highest BCUT2D eigenvalue weighted by molar-refractivity contribution is 6.09. The summed E-state index contributed by atoms with van der Waals surface area (Å²) in [6.07, 6.45) is 0. The first-order chi connectivity index (χ1) is 14.5. The standard InChI is InChI=1S/C24H24N2O4/c1-14(2)17-11-18(20(28)12-19(17)27)24(26-25)23(15-6-4-3-5-7-15)16-8-9-21-22(10-16)30-13-29-21/h3-12,14,23,27-28H,13,25H2,1-2H3/b26-24-. The van der Waals surface area contributed by atoms with E-state index in [1.54, 1.807) is 6.07 Å². The average Bonchev–Trinajstić information content (AvgIpc) is 3.20. The minimum Gasteiger partial charge on any atom is -0.508 e. The Morgan fingerprint density at radius 3 is 2.33 bits per heavy atom. The molecule has 1 aliphatic heterocycles.